The van der Waals surface area contributed by atoms with Gasteiger partial charge in [-0.1, -0.05) is 20.8 Å². The number of aliphatic carboxylic acids is 3. The predicted molar refractivity (Wildman–Crippen MR) is 319 cm³/mol. The van der Waals surface area contributed by atoms with E-state index in [4.69, 9.17) is 82.7 Å². The van der Waals surface area contributed by atoms with Crippen molar-refractivity contribution in [3.05, 3.63) is 12.2 Å². The zero-order valence-corrected chi connectivity index (χ0v) is 53.4. The van der Waals surface area contributed by atoms with Gasteiger partial charge in [-0.05, 0) is 178 Å². The minimum absolute atomic E-state index is 0.0364. The van der Waals surface area contributed by atoms with Crippen molar-refractivity contribution in [3.8, 4) is 0 Å². The molecule has 0 aromatic rings. The lowest BCUT2D eigenvalue weighted by Gasteiger charge is -2.24. The van der Waals surface area contributed by atoms with Crippen molar-refractivity contribution in [1.82, 2.24) is 0 Å². The average Bonchev–Trinajstić information content (AvgIpc) is 2.83. The molecule has 0 aromatic heterocycles. The number of ether oxygens (including phenoxy) is 11. The van der Waals surface area contributed by atoms with Gasteiger partial charge in [0.15, 0.2) is 0 Å². The smallest absolute Gasteiger partial charge is 0.309 e. The van der Waals surface area contributed by atoms with Gasteiger partial charge in [-0.3, -0.25) is 33.6 Å². The molecule has 0 spiro atoms. The number of fused-ring (bicyclic) bond motifs is 7. The van der Waals surface area contributed by atoms with Crippen LogP contribution in [0, 0.1) is 58.7 Å². The highest BCUT2D eigenvalue weighted by molar-refractivity contribution is 5.75. The van der Waals surface area contributed by atoms with Crippen molar-refractivity contribution < 1.29 is 116 Å². The number of unbranched alkanes of at least 4 members (excludes halogenated alkanes) is 3. The Balaban J connectivity index is 0.000000138. The highest BCUT2D eigenvalue weighted by atomic mass is 16.6. The van der Waals surface area contributed by atoms with Crippen LogP contribution in [0.1, 0.15) is 175 Å². The van der Waals surface area contributed by atoms with E-state index in [1.165, 1.54) is 0 Å². The maximum Gasteiger partial charge on any atom is 0.309 e. The molecule has 6 N–H and O–H groups in total. The molecule has 0 aromatic carbocycles. The molecule has 24 nitrogen and oxygen atoms in total. The molecule has 514 valence electrons. The third kappa shape index (κ3) is 21.6. The minimum Gasteiger partial charge on any atom is -0.481 e. The van der Waals surface area contributed by atoms with Crippen molar-refractivity contribution in [1.29, 1.82) is 0 Å². The summed E-state index contributed by atoms with van der Waals surface area (Å²) in [5.74, 6) is -2.22. The number of carboxylic acids is 3. The largest absolute Gasteiger partial charge is 0.481 e. The molecular formula is C67H102O24. The number of aliphatic hydroxyl groups is 3. The van der Waals surface area contributed by atoms with Crippen LogP contribution in [0.5, 0.6) is 0 Å². The Morgan fingerprint density at radius 3 is 0.912 bits per heavy atom. The van der Waals surface area contributed by atoms with Crippen LogP contribution >= 0.6 is 0 Å². The van der Waals surface area contributed by atoms with Crippen molar-refractivity contribution in [2.24, 2.45) is 58.7 Å². The van der Waals surface area contributed by atoms with E-state index in [-0.39, 0.29) is 129 Å². The summed E-state index contributed by atoms with van der Waals surface area (Å²) >= 11 is 0. The molecule has 14 rings (SSSR count). The van der Waals surface area contributed by atoms with Crippen LogP contribution < -0.4 is 0 Å². The van der Waals surface area contributed by atoms with Crippen LogP contribution in [0.25, 0.3) is 0 Å². The lowest BCUT2D eigenvalue weighted by Crippen LogP contribution is -2.32. The maximum absolute atomic E-state index is 12.2. The minimum atomic E-state index is -0.667. The lowest BCUT2D eigenvalue weighted by atomic mass is 9.80. The first-order valence-corrected chi connectivity index (χ1v) is 34.2. The topological polar surface area (TPSA) is 365 Å². The summed E-state index contributed by atoms with van der Waals surface area (Å²) in [6.07, 6.45) is 29.0. The molecule has 0 amide bonds. The molecule has 0 bridgehead atoms. The number of carbonyl (C=O) groups is 7. The highest BCUT2D eigenvalue weighted by Crippen LogP contribution is 2.46. The zero-order chi connectivity index (χ0) is 64.9. The number of epoxide rings is 7. The fraction of sp³-hybridized carbons (Fsp3) is 0.866. The summed E-state index contributed by atoms with van der Waals surface area (Å²) < 4.78 is 59.0. The Labute approximate surface area is 533 Å². The zero-order valence-electron chi connectivity index (χ0n) is 53.4. The molecular weight excluding hydrogens is 1190 g/mol. The first-order chi connectivity index (χ1) is 43.8. The van der Waals surface area contributed by atoms with Gasteiger partial charge in [0.25, 0.3) is 0 Å². The molecule has 0 radical (unpaired) electrons. The molecule has 7 heterocycles. The summed E-state index contributed by atoms with van der Waals surface area (Å²) in [6, 6.07) is 0. The quantitative estimate of drug-likeness (QED) is 0.0228. The monoisotopic (exact) mass is 1290 g/mol. The van der Waals surface area contributed by atoms with Gasteiger partial charge >= 0.3 is 41.8 Å². The number of carboxylic acid groups (broad SMARTS) is 3. The number of rotatable bonds is 22. The van der Waals surface area contributed by atoms with Crippen molar-refractivity contribution in [3.63, 3.8) is 0 Å². The van der Waals surface area contributed by atoms with Gasteiger partial charge in [-0.25, -0.2) is 0 Å². The Bertz CT molecular complexity index is 2250. The van der Waals surface area contributed by atoms with Crippen molar-refractivity contribution >= 4 is 41.8 Å². The Morgan fingerprint density at radius 1 is 0.363 bits per heavy atom. The van der Waals surface area contributed by atoms with E-state index in [0.29, 0.717) is 86.4 Å². The molecule has 14 fully saturated rings. The standard InChI is InChI=1S/C20H28O6.C20H30O6.3C7H10O3.C6H14O3/c1-11-7-15-17(25-15)9-13(11)19(21)23-5-3-4-6-24-20(22)14-10-18-16(26-18)8-12(14)2;21-19(13-5-7-15-17(11-13)25-15)23-9-3-1-2-4-10-24-20(22)14-6-8-16-18(12-14)26-16;3*8-7(9)4-1-2-5-6(3-4)10-5;1-2-6(3-7,4-8)5-9/h3-4,11-18H,5-10H2,1-2H3;13-18H,1-12H2;3*4-6H,1-3H2,(H,8,9);7-9H,2-5H2,1H3. The second-order valence-corrected chi connectivity index (χ2v) is 28.0. The van der Waals surface area contributed by atoms with Crippen LogP contribution in [-0.4, -0.2) is 204 Å². The number of aliphatic hydroxyl groups excluding tert-OH is 3. The molecule has 14 aliphatic rings. The number of esters is 4. The first-order valence-electron chi connectivity index (χ1n) is 34.2. The normalized spacial score (nSPS) is 38.8. The molecule has 91 heavy (non-hydrogen) atoms. The van der Waals surface area contributed by atoms with Gasteiger partial charge in [-0.15, -0.1) is 0 Å². The Hall–Kier alpha value is -4.37. The van der Waals surface area contributed by atoms with E-state index in [9.17, 15) is 33.6 Å². The fourth-order valence-corrected chi connectivity index (χ4v) is 14.2. The van der Waals surface area contributed by atoms with Crippen LogP contribution in [0.2, 0.25) is 0 Å². The highest BCUT2D eigenvalue weighted by Gasteiger charge is 2.52. The average molecular weight is 1290 g/mol. The molecule has 23 unspecified atom stereocenters. The van der Waals surface area contributed by atoms with E-state index >= 15 is 0 Å². The van der Waals surface area contributed by atoms with Crippen LogP contribution in [0.3, 0.4) is 0 Å². The van der Waals surface area contributed by atoms with Gasteiger partial charge in [0.1, 0.15) is 13.2 Å². The van der Waals surface area contributed by atoms with Crippen molar-refractivity contribution in [2.45, 2.75) is 260 Å². The molecule has 7 saturated heterocycles. The Morgan fingerprint density at radius 2 is 0.637 bits per heavy atom. The Kier molecular flexibility index (Phi) is 26.0. The first kappa shape index (κ1) is 70.9. The third-order valence-corrected chi connectivity index (χ3v) is 21.4. The SMILES string of the molecule is CC1CC2OC2CC1C(=O)OCC=CCOC(=O)C1CC2OC2CC1C.CCC(CO)(CO)CO.O=C(O)C1CCC2OC2C1.O=C(O)C1CCC2OC2C1.O=C(O)C1CCC2OC2C1.O=C(OCCCCCCOC(=O)C1CCC2OC2C1)C1CCC2OC2C1. The van der Waals surface area contributed by atoms with Gasteiger partial charge in [0.05, 0.1) is 160 Å². The van der Waals surface area contributed by atoms with E-state index in [0.717, 1.165) is 148 Å². The second-order valence-electron chi connectivity index (χ2n) is 28.0. The van der Waals surface area contributed by atoms with E-state index < -0.39 is 23.3 Å². The summed E-state index contributed by atoms with van der Waals surface area (Å²) in [6.45, 7) is 6.94. The summed E-state index contributed by atoms with van der Waals surface area (Å²) in [5.41, 5.74) is -0.667. The molecule has 24 heteroatoms. The second kappa shape index (κ2) is 33.3. The molecule has 23 atom stereocenters. The van der Waals surface area contributed by atoms with Crippen molar-refractivity contribution in [2.75, 3.05) is 46.2 Å². The molecule has 7 aliphatic carbocycles. The fourth-order valence-electron chi connectivity index (χ4n) is 14.2. The van der Waals surface area contributed by atoms with E-state index in [1.54, 1.807) is 12.2 Å². The van der Waals surface area contributed by atoms with Gasteiger partial charge < -0.3 is 82.7 Å². The number of carbonyl (C=O) groups excluding carboxylic acids is 4. The summed E-state index contributed by atoms with van der Waals surface area (Å²) in [5, 5.41) is 51.8. The lowest BCUT2D eigenvalue weighted by molar-refractivity contribution is -0.151. The van der Waals surface area contributed by atoms with Gasteiger partial charge in [0, 0.05) is 5.41 Å². The predicted octanol–water partition coefficient (Wildman–Crippen LogP) is 6.30. The van der Waals surface area contributed by atoms with Crippen LogP contribution in [0.4, 0.5) is 0 Å². The maximum atomic E-state index is 12.2. The summed E-state index contributed by atoms with van der Waals surface area (Å²) in [4.78, 5) is 79.8. The number of hydrogen-bond donors (Lipinski definition) is 6. The van der Waals surface area contributed by atoms with E-state index in [1.807, 2.05) is 6.92 Å². The van der Waals surface area contributed by atoms with Crippen LogP contribution in [0.15, 0.2) is 12.2 Å². The van der Waals surface area contributed by atoms with Gasteiger partial charge in [-0.2, -0.15) is 0 Å². The van der Waals surface area contributed by atoms with Gasteiger partial charge in [0.2, 0.25) is 0 Å². The third-order valence-electron chi connectivity index (χ3n) is 21.4. The number of hydrogen-bond acceptors (Lipinski definition) is 21. The summed E-state index contributed by atoms with van der Waals surface area (Å²) in [7, 11) is 0. The van der Waals surface area contributed by atoms with Crippen LogP contribution in [-0.2, 0) is 85.7 Å². The molecule has 7 aliphatic heterocycles. The van der Waals surface area contributed by atoms with E-state index in [2.05, 4.69) is 13.8 Å². The molecule has 7 saturated carbocycles.